The number of primary amides is 1. The number of rotatable bonds is 3. The summed E-state index contributed by atoms with van der Waals surface area (Å²) in [5.41, 5.74) is 4.67. The van der Waals surface area contributed by atoms with Crippen molar-refractivity contribution in [1.29, 1.82) is 0 Å². The monoisotopic (exact) mass is 252 g/mol. The van der Waals surface area contributed by atoms with E-state index in [0.717, 1.165) is 0 Å². The van der Waals surface area contributed by atoms with Gasteiger partial charge in [-0.2, -0.15) is 0 Å². The van der Waals surface area contributed by atoms with Crippen LogP contribution in [0.2, 0.25) is 0 Å². The van der Waals surface area contributed by atoms with Crippen molar-refractivity contribution >= 4 is 17.9 Å². The molecule has 0 aromatic heterocycles. The van der Waals surface area contributed by atoms with Crippen LogP contribution in [0.15, 0.2) is 24.3 Å². The lowest BCUT2D eigenvalue weighted by atomic mass is 10.2. The number of benzene rings is 1. The first-order valence-corrected chi connectivity index (χ1v) is 5.01. The molecule has 0 radical (unpaired) electrons. The van der Waals surface area contributed by atoms with Gasteiger partial charge in [-0.25, -0.2) is 9.59 Å². The topological polar surface area (TPSA) is 119 Å². The van der Waals surface area contributed by atoms with Gasteiger partial charge in [0.15, 0.2) is 6.10 Å². The van der Waals surface area contributed by atoms with E-state index in [1.54, 1.807) is 5.32 Å². The fraction of sp³-hybridized carbons (Fsp3) is 0.182. The van der Waals surface area contributed by atoms with E-state index >= 15 is 0 Å². The van der Waals surface area contributed by atoms with Gasteiger partial charge < -0.3 is 15.6 Å². The number of phenolic OH excluding ortho intramolecular Hbond substituents is 1. The SMILES string of the molecule is CC(OC(=O)c1ccccc1O)C(=O)NC(N)=O. The second kappa shape index (κ2) is 5.67. The normalized spacial score (nSPS) is 11.4. The smallest absolute Gasteiger partial charge is 0.342 e. The van der Waals surface area contributed by atoms with Gasteiger partial charge in [-0.05, 0) is 19.1 Å². The third-order valence-corrected chi connectivity index (χ3v) is 2.02. The van der Waals surface area contributed by atoms with Crippen LogP contribution in [0.5, 0.6) is 5.75 Å². The number of nitrogens with two attached hydrogens (primary N) is 1. The molecule has 7 nitrogen and oxygen atoms in total. The van der Waals surface area contributed by atoms with Gasteiger partial charge in [0.2, 0.25) is 0 Å². The molecule has 18 heavy (non-hydrogen) atoms. The molecule has 1 unspecified atom stereocenters. The lowest BCUT2D eigenvalue weighted by molar-refractivity contribution is -0.127. The van der Waals surface area contributed by atoms with Gasteiger partial charge in [0.05, 0.1) is 0 Å². The van der Waals surface area contributed by atoms with E-state index in [4.69, 9.17) is 10.5 Å². The number of para-hydroxylation sites is 1. The molecule has 0 heterocycles. The second-order valence-electron chi connectivity index (χ2n) is 3.42. The van der Waals surface area contributed by atoms with Crippen molar-refractivity contribution in [2.75, 3.05) is 0 Å². The summed E-state index contributed by atoms with van der Waals surface area (Å²) in [6, 6.07) is 4.69. The first-order chi connectivity index (χ1) is 8.41. The van der Waals surface area contributed by atoms with Crippen LogP contribution >= 0.6 is 0 Å². The summed E-state index contributed by atoms with van der Waals surface area (Å²) >= 11 is 0. The fourth-order valence-electron chi connectivity index (χ4n) is 1.15. The number of carbonyl (C=O) groups is 3. The summed E-state index contributed by atoms with van der Waals surface area (Å²) in [7, 11) is 0. The molecule has 0 bridgehead atoms. The van der Waals surface area contributed by atoms with Crippen molar-refractivity contribution in [1.82, 2.24) is 5.32 Å². The molecule has 0 spiro atoms. The average molecular weight is 252 g/mol. The minimum Gasteiger partial charge on any atom is -0.507 e. The van der Waals surface area contributed by atoms with E-state index in [1.165, 1.54) is 31.2 Å². The first-order valence-electron chi connectivity index (χ1n) is 5.01. The van der Waals surface area contributed by atoms with E-state index in [0.29, 0.717) is 0 Å². The van der Waals surface area contributed by atoms with Gasteiger partial charge in [-0.3, -0.25) is 10.1 Å². The van der Waals surface area contributed by atoms with Crippen LogP contribution in [-0.2, 0) is 9.53 Å². The highest BCUT2D eigenvalue weighted by molar-refractivity contribution is 5.98. The third kappa shape index (κ3) is 3.48. The molecule has 1 aromatic rings. The molecule has 0 saturated carbocycles. The van der Waals surface area contributed by atoms with Crippen LogP contribution in [0, 0.1) is 0 Å². The predicted octanol–water partition coefficient (Wildman–Crippen LogP) is 0.132. The van der Waals surface area contributed by atoms with Crippen LogP contribution in [-0.4, -0.2) is 29.1 Å². The number of hydrogen-bond acceptors (Lipinski definition) is 5. The number of carbonyl (C=O) groups excluding carboxylic acids is 3. The Labute approximate surface area is 103 Å². The molecular weight excluding hydrogens is 240 g/mol. The Kier molecular flexibility index (Phi) is 4.25. The number of ether oxygens (including phenoxy) is 1. The molecule has 96 valence electrons. The lowest BCUT2D eigenvalue weighted by Crippen LogP contribution is -2.42. The molecule has 1 atom stereocenters. The zero-order valence-corrected chi connectivity index (χ0v) is 9.54. The van der Waals surface area contributed by atoms with Gasteiger partial charge >= 0.3 is 12.0 Å². The Bertz CT molecular complexity index is 486. The largest absolute Gasteiger partial charge is 0.507 e. The zero-order valence-electron chi connectivity index (χ0n) is 9.54. The highest BCUT2D eigenvalue weighted by atomic mass is 16.5. The Morgan fingerprint density at radius 3 is 2.50 bits per heavy atom. The van der Waals surface area contributed by atoms with Crippen molar-refractivity contribution in [3.8, 4) is 5.75 Å². The standard InChI is InChI=1S/C11H12N2O5/c1-6(9(15)13-11(12)17)18-10(16)7-4-2-3-5-8(7)14/h2-6,14H,1H3,(H3,12,13,15,17). The Balaban J connectivity index is 2.68. The number of nitrogens with one attached hydrogen (secondary N) is 1. The number of aromatic hydroxyl groups is 1. The van der Waals surface area contributed by atoms with Gasteiger partial charge in [0, 0.05) is 0 Å². The molecule has 3 amide bonds. The van der Waals surface area contributed by atoms with Crippen molar-refractivity contribution in [2.24, 2.45) is 5.73 Å². The maximum atomic E-state index is 11.6. The van der Waals surface area contributed by atoms with Crippen LogP contribution < -0.4 is 11.1 Å². The van der Waals surface area contributed by atoms with Crippen molar-refractivity contribution in [3.05, 3.63) is 29.8 Å². The van der Waals surface area contributed by atoms with Gasteiger partial charge in [0.25, 0.3) is 5.91 Å². The third-order valence-electron chi connectivity index (χ3n) is 2.02. The van der Waals surface area contributed by atoms with E-state index in [1.807, 2.05) is 0 Å². The number of phenols is 1. The molecular formula is C11H12N2O5. The minimum absolute atomic E-state index is 0.0729. The Morgan fingerprint density at radius 2 is 1.94 bits per heavy atom. The molecule has 7 heteroatoms. The molecule has 4 N–H and O–H groups in total. The molecule has 0 fully saturated rings. The van der Waals surface area contributed by atoms with Gasteiger partial charge in [-0.15, -0.1) is 0 Å². The first kappa shape index (κ1) is 13.5. The summed E-state index contributed by atoms with van der Waals surface area (Å²) < 4.78 is 4.76. The van der Waals surface area contributed by atoms with Gasteiger partial charge in [0.1, 0.15) is 11.3 Å². The van der Waals surface area contributed by atoms with Crippen LogP contribution in [0.4, 0.5) is 4.79 Å². The highest BCUT2D eigenvalue weighted by Gasteiger charge is 2.21. The number of urea groups is 1. The second-order valence-corrected chi connectivity index (χ2v) is 3.42. The van der Waals surface area contributed by atoms with E-state index in [-0.39, 0.29) is 11.3 Å². The highest BCUT2D eigenvalue weighted by Crippen LogP contribution is 2.17. The van der Waals surface area contributed by atoms with E-state index in [9.17, 15) is 19.5 Å². The summed E-state index contributed by atoms with van der Waals surface area (Å²) in [4.78, 5) is 33.3. The van der Waals surface area contributed by atoms with Crippen LogP contribution in [0.1, 0.15) is 17.3 Å². The van der Waals surface area contributed by atoms with E-state index < -0.39 is 24.0 Å². The minimum atomic E-state index is -1.20. The molecule has 0 saturated heterocycles. The summed E-state index contributed by atoms with van der Waals surface area (Å²) in [5, 5.41) is 11.2. The number of imide groups is 1. The lowest BCUT2D eigenvalue weighted by Gasteiger charge is -2.12. The molecule has 1 aromatic carbocycles. The molecule has 0 aliphatic carbocycles. The van der Waals surface area contributed by atoms with Crippen molar-refractivity contribution in [2.45, 2.75) is 13.0 Å². The predicted molar refractivity (Wildman–Crippen MR) is 60.7 cm³/mol. The average Bonchev–Trinajstić information content (AvgIpc) is 2.28. The van der Waals surface area contributed by atoms with Crippen LogP contribution in [0.25, 0.3) is 0 Å². The molecule has 0 aliphatic rings. The quantitative estimate of drug-likeness (QED) is 0.661. The van der Waals surface area contributed by atoms with Crippen molar-refractivity contribution < 1.29 is 24.2 Å². The van der Waals surface area contributed by atoms with Gasteiger partial charge in [-0.1, -0.05) is 12.1 Å². The van der Waals surface area contributed by atoms with E-state index in [2.05, 4.69) is 0 Å². The summed E-state index contributed by atoms with van der Waals surface area (Å²) in [5.74, 6) is -1.98. The zero-order chi connectivity index (χ0) is 13.7. The number of hydrogen-bond donors (Lipinski definition) is 3. The molecule has 0 aliphatic heterocycles. The Hall–Kier alpha value is -2.57. The van der Waals surface area contributed by atoms with Crippen LogP contribution in [0.3, 0.4) is 0 Å². The fourth-order valence-corrected chi connectivity index (χ4v) is 1.15. The maximum Gasteiger partial charge on any atom is 0.342 e. The summed E-state index contributed by atoms with van der Waals surface area (Å²) in [6.07, 6.45) is -1.20. The number of amides is 3. The molecule has 1 rings (SSSR count). The van der Waals surface area contributed by atoms with Crippen molar-refractivity contribution in [3.63, 3.8) is 0 Å². The summed E-state index contributed by atoms with van der Waals surface area (Å²) in [6.45, 7) is 1.27. The Morgan fingerprint density at radius 1 is 1.33 bits per heavy atom. The number of esters is 1. The maximum absolute atomic E-state index is 11.6.